The number of nitro benzene ring substituents is 1. The number of nitro groups is 1. The number of carbonyl (C=O) groups excluding carboxylic acids is 1. The van der Waals surface area contributed by atoms with Gasteiger partial charge in [-0.2, -0.15) is 0 Å². The van der Waals surface area contributed by atoms with Crippen LogP contribution in [0.5, 0.6) is 5.75 Å². The number of rotatable bonds is 6. The molecule has 1 aliphatic heterocycles. The number of carbonyl (C=O) groups is 1. The van der Waals surface area contributed by atoms with Crippen molar-refractivity contribution in [1.29, 1.82) is 0 Å². The molecule has 0 radical (unpaired) electrons. The van der Waals surface area contributed by atoms with Gasteiger partial charge < -0.3 is 14.3 Å². The molecule has 0 aliphatic carbocycles. The highest BCUT2D eigenvalue weighted by molar-refractivity contribution is 6.11. The molecule has 0 bridgehead atoms. The molecule has 1 N–H and O–H groups in total. The fourth-order valence-corrected chi connectivity index (χ4v) is 4.14. The highest BCUT2D eigenvalue weighted by atomic mass is 16.6. The number of piperidine rings is 1. The van der Waals surface area contributed by atoms with Crippen LogP contribution in [0.4, 0.5) is 5.69 Å². The van der Waals surface area contributed by atoms with E-state index in [1.807, 2.05) is 18.2 Å². The quantitative estimate of drug-likeness (QED) is 0.342. The SMILES string of the molecule is CCOC(=O)c1c(-c2ccccc2)oc2cc([N+](=O)[O-])c(O)c(CN3CCCCC3)c12. The summed E-state index contributed by atoms with van der Waals surface area (Å²) in [7, 11) is 0. The number of hydrogen-bond acceptors (Lipinski definition) is 7. The van der Waals surface area contributed by atoms with E-state index < -0.39 is 22.3 Å². The lowest BCUT2D eigenvalue weighted by molar-refractivity contribution is -0.385. The van der Waals surface area contributed by atoms with Gasteiger partial charge in [0, 0.05) is 23.1 Å². The number of benzene rings is 2. The average molecular weight is 424 g/mol. The number of nitrogens with zero attached hydrogens (tertiary/aromatic N) is 2. The normalized spacial score (nSPS) is 14.6. The molecule has 8 heteroatoms. The van der Waals surface area contributed by atoms with Gasteiger partial charge in [-0.05, 0) is 32.9 Å². The summed E-state index contributed by atoms with van der Waals surface area (Å²) in [6.45, 7) is 3.80. The fraction of sp³-hybridized carbons (Fsp3) is 0.348. The number of aromatic hydroxyl groups is 1. The fourth-order valence-electron chi connectivity index (χ4n) is 4.14. The van der Waals surface area contributed by atoms with E-state index in [2.05, 4.69) is 4.90 Å². The van der Waals surface area contributed by atoms with Crippen molar-refractivity contribution in [3.8, 4) is 17.1 Å². The van der Waals surface area contributed by atoms with Gasteiger partial charge in [-0.1, -0.05) is 36.8 Å². The first-order chi connectivity index (χ1) is 15.0. The van der Waals surface area contributed by atoms with Crippen LogP contribution in [0.3, 0.4) is 0 Å². The van der Waals surface area contributed by atoms with E-state index in [1.54, 1.807) is 19.1 Å². The molecule has 0 unspecified atom stereocenters. The number of phenolic OH excluding ortho intramolecular Hbond substituents is 1. The van der Waals surface area contributed by atoms with Crippen LogP contribution in [-0.2, 0) is 11.3 Å². The Labute approximate surface area is 179 Å². The summed E-state index contributed by atoms with van der Waals surface area (Å²) in [5, 5.41) is 22.8. The van der Waals surface area contributed by atoms with E-state index >= 15 is 0 Å². The van der Waals surface area contributed by atoms with Crippen LogP contribution in [0.1, 0.15) is 42.1 Å². The molecule has 0 spiro atoms. The molecule has 0 saturated carbocycles. The van der Waals surface area contributed by atoms with Gasteiger partial charge in [0.25, 0.3) is 0 Å². The molecule has 1 fully saturated rings. The largest absolute Gasteiger partial charge is 0.502 e. The van der Waals surface area contributed by atoms with Crippen LogP contribution in [0.25, 0.3) is 22.3 Å². The maximum atomic E-state index is 13.0. The first-order valence-electron chi connectivity index (χ1n) is 10.4. The summed E-state index contributed by atoms with van der Waals surface area (Å²) in [6, 6.07) is 10.2. The van der Waals surface area contributed by atoms with Gasteiger partial charge in [0.2, 0.25) is 0 Å². The van der Waals surface area contributed by atoms with E-state index in [1.165, 1.54) is 6.07 Å². The first-order valence-corrected chi connectivity index (χ1v) is 10.4. The Balaban J connectivity index is 2.00. The zero-order chi connectivity index (χ0) is 22.0. The lowest BCUT2D eigenvalue weighted by Gasteiger charge is -2.26. The standard InChI is InChI=1S/C23H24N2O6/c1-2-30-23(27)20-19-16(14-24-11-7-4-8-12-24)21(26)17(25(28)29)13-18(19)31-22(20)15-9-5-3-6-10-15/h3,5-6,9-10,13,26H,2,4,7-8,11-12,14H2,1H3. The Hall–Kier alpha value is -3.39. The van der Waals surface area contributed by atoms with Gasteiger partial charge in [-0.15, -0.1) is 0 Å². The Morgan fingerprint density at radius 3 is 2.58 bits per heavy atom. The molecule has 4 rings (SSSR count). The number of likely N-dealkylation sites (tertiary alicyclic amines) is 1. The lowest BCUT2D eigenvalue weighted by atomic mass is 9.99. The van der Waals surface area contributed by atoms with Crippen LogP contribution < -0.4 is 0 Å². The van der Waals surface area contributed by atoms with Crippen LogP contribution in [-0.4, -0.2) is 40.6 Å². The summed E-state index contributed by atoms with van der Waals surface area (Å²) in [5.74, 6) is -0.754. The Bertz CT molecular complexity index is 1120. The van der Waals surface area contributed by atoms with Crippen LogP contribution in [0.15, 0.2) is 40.8 Å². The molecule has 1 aliphatic rings. The number of hydrogen-bond donors (Lipinski definition) is 1. The smallest absolute Gasteiger partial charge is 0.342 e. The molecule has 3 aromatic rings. The minimum absolute atomic E-state index is 0.167. The molecule has 1 aromatic heterocycles. The zero-order valence-corrected chi connectivity index (χ0v) is 17.3. The van der Waals surface area contributed by atoms with Crippen molar-refractivity contribution in [1.82, 2.24) is 4.90 Å². The molecule has 0 amide bonds. The highest BCUT2D eigenvalue weighted by Gasteiger charge is 2.31. The molecular weight excluding hydrogens is 400 g/mol. The molecule has 2 aromatic carbocycles. The molecule has 0 atom stereocenters. The third kappa shape index (κ3) is 3.98. The van der Waals surface area contributed by atoms with Crippen molar-refractivity contribution in [3.63, 3.8) is 0 Å². The summed E-state index contributed by atoms with van der Waals surface area (Å²) in [5.41, 5.74) is 0.884. The monoisotopic (exact) mass is 424 g/mol. The molecule has 2 heterocycles. The van der Waals surface area contributed by atoms with Gasteiger partial charge in [0.15, 0.2) is 5.75 Å². The predicted octanol–water partition coefficient (Wildman–Crippen LogP) is 4.88. The molecular formula is C23H24N2O6. The summed E-state index contributed by atoms with van der Waals surface area (Å²) >= 11 is 0. The molecule has 162 valence electrons. The van der Waals surface area contributed by atoms with Crippen molar-refractivity contribution < 1.29 is 24.0 Å². The number of esters is 1. The van der Waals surface area contributed by atoms with E-state index in [4.69, 9.17) is 9.15 Å². The second kappa shape index (κ2) is 8.77. The van der Waals surface area contributed by atoms with E-state index in [0.29, 0.717) is 16.5 Å². The van der Waals surface area contributed by atoms with Crippen molar-refractivity contribution in [2.24, 2.45) is 0 Å². The van der Waals surface area contributed by atoms with E-state index in [0.717, 1.165) is 32.4 Å². The maximum absolute atomic E-state index is 13.0. The third-order valence-electron chi connectivity index (χ3n) is 5.58. The van der Waals surface area contributed by atoms with Crippen LogP contribution in [0.2, 0.25) is 0 Å². The minimum atomic E-state index is -0.636. The predicted molar refractivity (Wildman–Crippen MR) is 115 cm³/mol. The summed E-state index contributed by atoms with van der Waals surface area (Å²) < 4.78 is 11.3. The van der Waals surface area contributed by atoms with Crippen molar-refractivity contribution >= 4 is 22.6 Å². The van der Waals surface area contributed by atoms with Crippen LogP contribution >= 0.6 is 0 Å². The van der Waals surface area contributed by atoms with Crippen LogP contribution in [0, 0.1) is 10.1 Å². The zero-order valence-electron chi connectivity index (χ0n) is 17.3. The minimum Gasteiger partial charge on any atom is -0.502 e. The highest BCUT2D eigenvalue weighted by Crippen LogP contribution is 2.44. The molecule has 8 nitrogen and oxygen atoms in total. The van der Waals surface area contributed by atoms with Gasteiger partial charge in [-0.3, -0.25) is 15.0 Å². The first kappa shape index (κ1) is 20.9. The lowest BCUT2D eigenvalue weighted by Crippen LogP contribution is -2.29. The van der Waals surface area contributed by atoms with Crippen molar-refractivity contribution in [2.45, 2.75) is 32.7 Å². The van der Waals surface area contributed by atoms with Gasteiger partial charge in [-0.25, -0.2) is 4.79 Å². The van der Waals surface area contributed by atoms with Gasteiger partial charge >= 0.3 is 11.7 Å². The Kier molecular flexibility index (Phi) is 5.90. The topological polar surface area (TPSA) is 106 Å². The van der Waals surface area contributed by atoms with Crippen molar-refractivity contribution in [2.75, 3.05) is 19.7 Å². The van der Waals surface area contributed by atoms with Crippen molar-refractivity contribution in [3.05, 3.63) is 57.6 Å². The second-order valence-corrected chi connectivity index (χ2v) is 7.58. The number of fused-ring (bicyclic) bond motifs is 1. The number of ether oxygens (including phenoxy) is 1. The summed E-state index contributed by atoms with van der Waals surface area (Å²) in [4.78, 5) is 26.1. The van der Waals surface area contributed by atoms with Gasteiger partial charge in [0.05, 0.1) is 17.6 Å². The Morgan fingerprint density at radius 2 is 1.94 bits per heavy atom. The maximum Gasteiger partial charge on any atom is 0.342 e. The van der Waals surface area contributed by atoms with E-state index in [9.17, 15) is 20.0 Å². The number of furan rings is 1. The second-order valence-electron chi connectivity index (χ2n) is 7.58. The number of phenols is 1. The molecule has 31 heavy (non-hydrogen) atoms. The molecule has 1 saturated heterocycles. The summed E-state index contributed by atoms with van der Waals surface area (Å²) in [6.07, 6.45) is 3.17. The third-order valence-corrected chi connectivity index (χ3v) is 5.58. The Morgan fingerprint density at radius 1 is 1.23 bits per heavy atom. The van der Waals surface area contributed by atoms with Gasteiger partial charge in [0.1, 0.15) is 16.9 Å². The van der Waals surface area contributed by atoms with E-state index in [-0.39, 0.29) is 30.1 Å². The average Bonchev–Trinajstić information content (AvgIpc) is 3.16.